The number of amides is 3. The molecule has 9 nitrogen and oxygen atoms in total. The summed E-state index contributed by atoms with van der Waals surface area (Å²) in [5, 5.41) is 8.90. The van der Waals surface area contributed by atoms with E-state index in [2.05, 4.69) is 16.0 Å². The maximum absolute atomic E-state index is 15.3. The number of piperidine rings is 2. The van der Waals surface area contributed by atoms with E-state index in [-0.39, 0.29) is 31.3 Å². The highest BCUT2D eigenvalue weighted by atomic mass is 35.5. The van der Waals surface area contributed by atoms with Crippen LogP contribution in [0.15, 0.2) is 36.2 Å². The molecule has 5 rings (SSSR count). The van der Waals surface area contributed by atoms with Gasteiger partial charge in [0.25, 0.3) is 5.92 Å². The molecule has 4 fully saturated rings. The first-order chi connectivity index (χ1) is 20.8. The first kappa shape index (κ1) is 33.6. The van der Waals surface area contributed by atoms with Crippen molar-refractivity contribution in [2.75, 3.05) is 18.5 Å². The highest BCUT2D eigenvalue weighted by Gasteiger charge is 2.61. The Kier molecular flexibility index (Phi) is 10.9. The van der Waals surface area contributed by atoms with Crippen LogP contribution in [-0.2, 0) is 23.9 Å². The third-order valence-corrected chi connectivity index (χ3v) is 8.71. The molecule has 2 bridgehead atoms. The van der Waals surface area contributed by atoms with Gasteiger partial charge in [-0.1, -0.05) is 31.5 Å². The van der Waals surface area contributed by atoms with Crippen LogP contribution in [0.25, 0.3) is 0 Å². The van der Waals surface area contributed by atoms with Crippen LogP contribution in [0.1, 0.15) is 59.3 Å². The highest BCUT2D eigenvalue weighted by Crippen LogP contribution is 2.49. The van der Waals surface area contributed by atoms with Crippen LogP contribution in [-0.4, -0.2) is 71.8 Å². The number of alkyl halides is 2. The van der Waals surface area contributed by atoms with E-state index in [9.17, 15) is 23.6 Å². The number of esters is 1. The first-order valence-corrected chi connectivity index (χ1v) is 15.5. The van der Waals surface area contributed by atoms with Crippen molar-refractivity contribution in [3.05, 3.63) is 41.2 Å². The molecule has 242 valence electrons. The Balaban J connectivity index is 1.65. The van der Waals surface area contributed by atoms with Gasteiger partial charge in [0.05, 0.1) is 18.6 Å². The summed E-state index contributed by atoms with van der Waals surface area (Å²) in [4.78, 5) is 53.7. The van der Waals surface area contributed by atoms with E-state index in [0.29, 0.717) is 36.5 Å². The van der Waals surface area contributed by atoms with Crippen molar-refractivity contribution in [3.8, 4) is 0 Å². The summed E-state index contributed by atoms with van der Waals surface area (Å²) in [5.74, 6) is -9.42. The third kappa shape index (κ3) is 7.86. The van der Waals surface area contributed by atoms with Gasteiger partial charge in [-0.15, -0.1) is 0 Å². The number of carbonyl (C=O) groups is 4. The predicted molar refractivity (Wildman–Crippen MR) is 159 cm³/mol. The topological polar surface area (TPSA) is 117 Å². The lowest BCUT2D eigenvalue weighted by molar-refractivity contribution is -0.194. The van der Waals surface area contributed by atoms with Gasteiger partial charge in [0, 0.05) is 35.6 Å². The summed E-state index contributed by atoms with van der Waals surface area (Å²) in [6.45, 7) is 5.67. The summed E-state index contributed by atoms with van der Waals surface area (Å²) in [6.07, 6.45) is 1.32. The average Bonchev–Trinajstić information content (AvgIpc) is 3.35. The minimum Gasteiger partial charge on any atom is -0.461 e. The fourth-order valence-electron chi connectivity index (χ4n) is 6.53. The van der Waals surface area contributed by atoms with Crippen LogP contribution < -0.4 is 16.0 Å². The number of carbonyl (C=O) groups excluding carboxylic acids is 4. The van der Waals surface area contributed by atoms with Crippen molar-refractivity contribution in [3.63, 3.8) is 0 Å². The standard InChI is InChI=1S/C31H40ClF3N4O5/c1-4-44-30(43)24(33)15-21(13-18-10-11-36-27(18)40)38-28(41)26-23-9-8-22(16-31(23,34)35)39(26)29(42)25(12-17(2)3)37-20-7-5-6-19(32)14-20/h5-7,14-15,17-18,21-23,25-26,37H,4,8-13,16H2,1-3H3,(H,36,40)(H,38,41)/b24-15+/t18-,21+,22+,23+,25-,26+/m1/s1. The lowest BCUT2D eigenvalue weighted by Crippen LogP contribution is -2.70. The fraction of sp³-hybridized carbons (Fsp3) is 0.613. The first-order valence-electron chi connectivity index (χ1n) is 15.1. The zero-order chi connectivity index (χ0) is 32.2. The van der Waals surface area contributed by atoms with Gasteiger partial charge < -0.3 is 25.6 Å². The number of ether oxygens (including phenoxy) is 1. The third-order valence-electron chi connectivity index (χ3n) is 8.48. The van der Waals surface area contributed by atoms with Gasteiger partial charge in [-0.2, -0.15) is 4.39 Å². The van der Waals surface area contributed by atoms with Crippen LogP contribution >= 0.6 is 11.6 Å². The molecule has 1 saturated carbocycles. The van der Waals surface area contributed by atoms with E-state index >= 15 is 8.78 Å². The fourth-order valence-corrected chi connectivity index (χ4v) is 6.72. The minimum atomic E-state index is -3.21. The molecule has 1 aliphatic carbocycles. The number of nitrogens with zero attached hydrogens (tertiary/aromatic N) is 1. The Hall–Kier alpha value is -3.28. The molecule has 3 aliphatic heterocycles. The number of hydrogen-bond acceptors (Lipinski definition) is 6. The molecule has 1 aromatic rings. The Bertz CT molecular complexity index is 1280. The summed E-state index contributed by atoms with van der Waals surface area (Å²) < 4.78 is 50.1. The van der Waals surface area contributed by atoms with E-state index in [1.54, 1.807) is 24.3 Å². The maximum Gasteiger partial charge on any atom is 0.366 e. The second-order valence-electron chi connectivity index (χ2n) is 12.2. The molecule has 13 heteroatoms. The number of halogens is 4. The number of anilines is 1. The molecule has 0 aromatic heterocycles. The molecule has 0 spiro atoms. The molecule has 0 radical (unpaired) electrons. The van der Waals surface area contributed by atoms with Crippen LogP contribution in [0.4, 0.5) is 18.9 Å². The molecule has 3 heterocycles. The van der Waals surface area contributed by atoms with Crippen molar-refractivity contribution in [2.45, 2.75) is 89.4 Å². The van der Waals surface area contributed by atoms with Crippen molar-refractivity contribution < 1.29 is 37.1 Å². The Morgan fingerprint density at radius 2 is 1.98 bits per heavy atom. The van der Waals surface area contributed by atoms with Gasteiger partial charge in [-0.05, 0) is 69.2 Å². The van der Waals surface area contributed by atoms with Crippen molar-refractivity contribution >= 4 is 41.0 Å². The molecule has 3 saturated heterocycles. The quantitative estimate of drug-likeness (QED) is 0.227. The zero-order valence-corrected chi connectivity index (χ0v) is 25.8. The molecule has 3 N–H and O–H groups in total. The van der Waals surface area contributed by atoms with Crippen LogP contribution in [0.3, 0.4) is 0 Å². The van der Waals surface area contributed by atoms with Crippen molar-refractivity contribution in [2.24, 2.45) is 17.8 Å². The molecule has 1 aromatic carbocycles. The SMILES string of the molecule is CCOC(=O)/C(F)=C\[C@H](C[C@H]1CCNC1=O)NC(=O)[C@@H]1[C@@H]2CC[C@@H](CC2(F)F)N1C(=O)[C@@H](CC(C)C)Nc1cccc(Cl)c1. The van der Waals surface area contributed by atoms with Gasteiger partial charge in [0.2, 0.25) is 23.5 Å². The molecule has 6 atom stereocenters. The van der Waals surface area contributed by atoms with Crippen LogP contribution in [0.2, 0.25) is 5.02 Å². The zero-order valence-electron chi connectivity index (χ0n) is 25.1. The van der Waals surface area contributed by atoms with Gasteiger partial charge in [-0.25, -0.2) is 13.6 Å². The number of benzene rings is 1. The molecular formula is C31H40ClF3N4O5. The Morgan fingerprint density at radius 3 is 2.59 bits per heavy atom. The largest absolute Gasteiger partial charge is 0.461 e. The van der Waals surface area contributed by atoms with E-state index in [1.807, 2.05) is 13.8 Å². The molecule has 44 heavy (non-hydrogen) atoms. The van der Waals surface area contributed by atoms with E-state index in [1.165, 1.54) is 11.8 Å². The van der Waals surface area contributed by atoms with Crippen LogP contribution in [0.5, 0.6) is 0 Å². The minimum absolute atomic E-state index is 0.0266. The number of hydrogen-bond donors (Lipinski definition) is 3. The maximum atomic E-state index is 15.3. The van der Waals surface area contributed by atoms with Crippen LogP contribution in [0, 0.1) is 17.8 Å². The summed E-state index contributed by atoms with van der Waals surface area (Å²) in [6, 6.07) is 2.33. The summed E-state index contributed by atoms with van der Waals surface area (Å²) in [5.41, 5.74) is 0.569. The van der Waals surface area contributed by atoms with Gasteiger partial charge in [-0.3, -0.25) is 14.4 Å². The van der Waals surface area contributed by atoms with E-state index < -0.39 is 72.0 Å². The molecule has 3 amide bonds. The molecular weight excluding hydrogens is 601 g/mol. The number of fused-ring (bicyclic) bond motifs is 3. The Morgan fingerprint density at radius 1 is 1.23 bits per heavy atom. The van der Waals surface area contributed by atoms with E-state index in [4.69, 9.17) is 16.3 Å². The number of rotatable bonds is 12. The second-order valence-corrected chi connectivity index (χ2v) is 12.6. The monoisotopic (exact) mass is 640 g/mol. The van der Waals surface area contributed by atoms with E-state index in [0.717, 1.165) is 6.08 Å². The lowest BCUT2D eigenvalue weighted by Gasteiger charge is -2.54. The summed E-state index contributed by atoms with van der Waals surface area (Å²) in [7, 11) is 0. The normalized spacial score (nSPS) is 25.8. The predicted octanol–water partition coefficient (Wildman–Crippen LogP) is 4.61. The van der Waals surface area contributed by atoms with Gasteiger partial charge in [0.15, 0.2) is 0 Å². The smallest absolute Gasteiger partial charge is 0.366 e. The van der Waals surface area contributed by atoms with Gasteiger partial charge in [0.1, 0.15) is 12.1 Å². The van der Waals surface area contributed by atoms with Gasteiger partial charge >= 0.3 is 5.97 Å². The van der Waals surface area contributed by atoms with Crippen molar-refractivity contribution in [1.82, 2.24) is 15.5 Å². The number of nitrogens with one attached hydrogen (secondary N) is 3. The second kappa shape index (κ2) is 14.2. The lowest BCUT2D eigenvalue weighted by atomic mass is 9.71. The van der Waals surface area contributed by atoms with Crippen molar-refractivity contribution in [1.29, 1.82) is 0 Å². The highest BCUT2D eigenvalue weighted by molar-refractivity contribution is 6.30. The molecule has 0 unspecified atom stereocenters. The summed E-state index contributed by atoms with van der Waals surface area (Å²) >= 11 is 6.14. The average molecular weight is 641 g/mol. The molecule has 4 aliphatic rings. The Labute approximate surface area is 260 Å².